The van der Waals surface area contributed by atoms with E-state index < -0.39 is 0 Å². The van der Waals surface area contributed by atoms with Gasteiger partial charge in [-0.1, -0.05) is 52.3 Å². The van der Waals surface area contributed by atoms with E-state index in [1.165, 1.54) is 16.7 Å². The van der Waals surface area contributed by atoms with Crippen molar-refractivity contribution < 1.29 is 4.79 Å². The number of amides is 1. The number of fused-ring (bicyclic) bond motifs is 1. The number of carbonyl (C=O) groups excluding carboxylic acids is 1. The van der Waals surface area contributed by atoms with Gasteiger partial charge in [-0.15, -0.1) is 0 Å². The SMILES string of the molecule is O=C(NCCc1ccc(Br)cc1)C1Cc2ccccc2C1. The summed E-state index contributed by atoms with van der Waals surface area (Å²) in [5.74, 6) is 0.288. The molecule has 1 amide bonds. The Hall–Kier alpha value is -1.61. The van der Waals surface area contributed by atoms with Crippen LogP contribution in [0.2, 0.25) is 0 Å². The Kier molecular flexibility index (Phi) is 4.39. The smallest absolute Gasteiger partial charge is 0.223 e. The minimum absolute atomic E-state index is 0.104. The molecular formula is C18H18BrNO. The Labute approximate surface area is 133 Å². The number of nitrogens with one attached hydrogen (secondary N) is 1. The van der Waals surface area contributed by atoms with Crippen molar-refractivity contribution in [2.24, 2.45) is 5.92 Å². The lowest BCUT2D eigenvalue weighted by Crippen LogP contribution is -2.32. The van der Waals surface area contributed by atoms with Crippen LogP contribution in [0.4, 0.5) is 0 Å². The van der Waals surface area contributed by atoms with Gasteiger partial charge in [0.2, 0.25) is 5.91 Å². The first kappa shape index (κ1) is 14.3. The van der Waals surface area contributed by atoms with Crippen molar-refractivity contribution >= 4 is 21.8 Å². The zero-order valence-corrected chi connectivity index (χ0v) is 13.4. The highest BCUT2D eigenvalue weighted by Gasteiger charge is 2.26. The summed E-state index contributed by atoms with van der Waals surface area (Å²) >= 11 is 3.43. The predicted molar refractivity (Wildman–Crippen MR) is 88.2 cm³/mol. The molecule has 0 heterocycles. The fraction of sp³-hybridized carbons (Fsp3) is 0.278. The minimum Gasteiger partial charge on any atom is -0.356 e. The Morgan fingerprint density at radius 2 is 1.67 bits per heavy atom. The number of hydrogen-bond donors (Lipinski definition) is 1. The molecule has 0 aliphatic heterocycles. The van der Waals surface area contributed by atoms with E-state index in [1.54, 1.807) is 0 Å². The maximum Gasteiger partial charge on any atom is 0.223 e. The van der Waals surface area contributed by atoms with E-state index >= 15 is 0 Å². The number of hydrogen-bond acceptors (Lipinski definition) is 1. The van der Waals surface area contributed by atoms with Gasteiger partial charge in [0.25, 0.3) is 0 Å². The second-order valence-electron chi connectivity index (χ2n) is 5.54. The molecule has 108 valence electrons. The van der Waals surface area contributed by atoms with Crippen LogP contribution in [0.5, 0.6) is 0 Å². The van der Waals surface area contributed by atoms with Gasteiger partial charge in [0.05, 0.1) is 0 Å². The maximum absolute atomic E-state index is 12.2. The zero-order chi connectivity index (χ0) is 14.7. The first-order valence-electron chi connectivity index (χ1n) is 7.31. The summed E-state index contributed by atoms with van der Waals surface area (Å²) in [5, 5.41) is 3.07. The predicted octanol–water partition coefficient (Wildman–Crippen LogP) is 3.52. The maximum atomic E-state index is 12.2. The van der Waals surface area contributed by atoms with E-state index in [1.807, 2.05) is 24.3 Å². The molecule has 0 radical (unpaired) electrons. The fourth-order valence-corrected chi connectivity index (χ4v) is 3.13. The Bertz CT molecular complexity index is 611. The molecular weight excluding hydrogens is 326 g/mol. The van der Waals surface area contributed by atoms with Crippen LogP contribution in [0.25, 0.3) is 0 Å². The molecule has 2 aromatic rings. The molecule has 0 saturated carbocycles. The normalized spacial score (nSPS) is 14.0. The van der Waals surface area contributed by atoms with Gasteiger partial charge in [-0.2, -0.15) is 0 Å². The Balaban J connectivity index is 1.48. The molecule has 0 bridgehead atoms. The summed E-state index contributed by atoms with van der Waals surface area (Å²) in [4.78, 5) is 12.2. The van der Waals surface area contributed by atoms with Gasteiger partial charge in [-0.25, -0.2) is 0 Å². The third-order valence-corrected chi connectivity index (χ3v) is 4.58. The van der Waals surface area contributed by atoms with Crippen LogP contribution in [0.1, 0.15) is 16.7 Å². The van der Waals surface area contributed by atoms with Gasteiger partial charge in [0.15, 0.2) is 0 Å². The van der Waals surface area contributed by atoms with Crippen LogP contribution in [-0.4, -0.2) is 12.5 Å². The van der Waals surface area contributed by atoms with Crippen LogP contribution >= 0.6 is 15.9 Å². The topological polar surface area (TPSA) is 29.1 Å². The third kappa shape index (κ3) is 3.53. The molecule has 3 rings (SSSR count). The number of carbonyl (C=O) groups is 1. The van der Waals surface area contributed by atoms with Crippen molar-refractivity contribution in [2.45, 2.75) is 19.3 Å². The number of rotatable bonds is 4. The Morgan fingerprint density at radius 3 is 2.29 bits per heavy atom. The van der Waals surface area contributed by atoms with Gasteiger partial charge in [-0.3, -0.25) is 4.79 Å². The summed E-state index contributed by atoms with van der Waals surface area (Å²) in [6.07, 6.45) is 2.62. The second kappa shape index (κ2) is 6.44. The van der Waals surface area contributed by atoms with Gasteiger partial charge >= 0.3 is 0 Å². The standard InChI is InChI=1S/C18H18BrNO/c19-17-7-5-13(6-8-17)9-10-20-18(21)16-11-14-3-1-2-4-15(14)12-16/h1-8,16H,9-12H2,(H,20,21). The van der Waals surface area contributed by atoms with E-state index in [0.717, 1.165) is 23.7 Å². The molecule has 0 fully saturated rings. The van der Waals surface area contributed by atoms with Crippen LogP contribution in [0.15, 0.2) is 53.0 Å². The number of halogens is 1. The van der Waals surface area contributed by atoms with E-state index in [4.69, 9.17) is 0 Å². The lowest BCUT2D eigenvalue weighted by molar-refractivity contribution is -0.124. The molecule has 1 aliphatic carbocycles. The lowest BCUT2D eigenvalue weighted by Gasteiger charge is -2.10. The summed E-state index contributed by atoms with van der Waals surface area (Å²) < 4.78 is 1.08. The van der Waals surface area contributed by atoms with E-state index in [0.29, 0.717) is 6.54 Å². The van der Waals surface area contributed by atoms with Crippen LogP contribution in [-0.2, 0) is 24.1 Å². The van der Waals surface area contributed by atoms with Gasteiger partial charge in [0, 0.05) is 16.9 Å². The summed E-state index contributed by atoms with van der Waals surface area (Å²) in [5.41, 5.74) is 3.89. The first-order valence-corrected chi connectivity index (χ1v) is 8.10. The van der Waals surface area contributed by atoms with E-state index in [-0.39, 0.29) is 11.8 Å². The molecule has 0 unspecified atom stereocenters. The molecule has 2 nitrogen and oxygen atoms in total. The molecule has 0 aromatic heterocycles. The molecule has 21 heavy (non-hydrogen) atoms. The van der Waals surface area contributed by atoms with Gasteiger partial charge in [-0.05, 0) is 48.1 Å². The van der Waals surface area contributed by atoms with Crippen molar-refractivity contribution in [3.8, 4) is 0 Å². The molecule has 0 atom stereocenters. The molecule has 0 saturated heterocycles. The molecule has 1 N–H and O–H groups in total. The molecule has 3 heteroatoms. The lowest BCUT2D eigenvalue weighted by atomic mass is 10.1. The second-order valence-corrected chi connectivity index (χ2v) is 6.46. The van der Waals surface area contributed by atoms with Crippen molar-refractivity contribution in [1.29, 1.82) is 0 Å². The zero-order valence-electron chi connectivity index (χ0n) is 11.8. The number of benzene rings is 2. The van der Waals surface area contributed by atoms with Gasteiger partial charge < -0.3 is 5.32 Å². The van der Waals surface area contributed by atoms with Crippen LogP contribution in [0, 0.1) is 5.92 Å². The fourth-order valence-electron chi connectivity index (χ4n) is 2.87. The molecule has 1 aliphatic rings. The highest BCUT2D eigenvalue weighted by molar-refractivity contribution is 9.10. The average molecular weight is 344 g/mol. The minimum atomic E-state index is 0.104. The summed E-state index contributed by atoms with van der Waals surface area (Å²) in [6.45, 7) is 0.702. The molecule has 0 spiro atoms. The third-order valence-electron chi connectivity index (χ3n) is 4.05. The van der Waals surface area contributed by atoms with Crippen LogP contribution < -0.4 is 5.32 Å². The quantitative estimate of drug-likeness (QED) is 0.903. The highest BCUT2D eigenvalue weighted by Crippen LogP contribution is 2.26. The van der Waals surface area contributed by atoms with Crippen LogP contribution in [0.3, 0.4) is 0 Å². The largest absolute Gasteiger partial charge is 0.356 e. The Morgan fingerprint density at radius 1 is 1.05 bits per heavy atom. The summed E-state index contributed by atoms with van der Waals surface area (Å²) in [6, 6.07) is 16.6. The van der Waals surface area contributed by atoms with Crippen molar-refractivity contribution in [2.75, 3.05) is 6.54 Å². The van der Waals surface area contributed by atoms with Crippen molar-refractivity contribution in [1.82, 2.24) is 5.32 Å². The van der Waals surface area contributed by atoms with E-state index in [9.17, 15) is 4.79 Å². The monoisotopic (exact) mass is 343 g/mol. The van der Waals surface area contributed by atoms with Gasteiger partial charge in [0.1, 0.15) is 0 Å². The van der Waals surface area contributed by atoms with E-state index in [2.05, 4.69) is 45.5 Å². The van der Waals surface area contributed by atoms with Crippen molar-refractivity contribution in [3.63, 3.8) is 0 Å². The first-order chi connectivity index (χ1) is 10.2. The van der Waals surface area contributed by atoms with Crippen molar-refractivity contribution in [3.05, 3.63) is 69.7 Å². The molecule has 2 aromatic carbocycles. The highest BCUT2D eigenvalue weighted by atomic mass is 79.9. The average Bonchev–Trinajstić information content (AvgIpc) is 2.93. The summed E-state index contributed by atoms with van der Waals surface area (Å²) in [7, 11) is 0.